The van der Waals surface area contributed by atoms with Crippen molar-refractivity contribution in [2.75, 3.05) is 13.7 Å². The lowest BCUT2D eigenvalue weighted by molar-refractivity contribution is -0.138. The average molecular weight is 376 g/mol. The maximum absolute atomic E-state index is 12.6. The third-order valence-electron chi connectivity index (χ3n) is 8.51. The zero-order valence-electron chi connectivity index (χ0n) is 16.7. The van der Waals surface area contributed by atoms with Crippen LogP contribution in [-0.4, -0.2) is 36.9 Å². The van der Waals surface area contributed by atoms with Crippen LogP contribution in [0.4, 0.5) is 4.79 Å². The second-order valence-corrected chi connectivity index (χ2v) is 9.64. The van der Waals surface area contributed by atoms with E-state index in [4.69, 9.17) is 4.74 Å². The Hall–Kier alpha value is -1.36. The zero-order chi connectivity index (χ0) is 19.4. The van der Waals surface area contributed by atoms with Crippen LogP contribution in [0.3, 0.4) is 0 Å². The third-order valence-corrected chi connectivity index (χ3v) is 8.51. The van der Waals surface area contributed by atoms with Gasteiger partial charge in [-0.1, -0.05) is 25.5 Å². The monoisotopic (exact) mass is 376 g/mol. The molecule has 0 heterocycles. The first-order chi connectivity index (χ1) is 12.8. The summed E-state index contributed by atoms with van der Waals surface area (Å²) in [7, 11) is 1.34. The quantitative estimate of drug-likeness (QED) is 0.585. The molecule has 3 fully saturated rings. The fourth-order valence-corrected chi connectivity index (χ4v) is 7.26. The maximum Gasteiger partial charge on any atom is 0.508 e. The summed E-state index contributed by atoms with van der Waals surface area (Å²) < 4.78 is 10.1. The Balaban J connectivity index is 1.63. The molecule has 150 valence electrons. The minimum Gasteiger partial charge on any atom is -0.438 e. The van der Waals surface area contributed by atoms with Crippen molar-refractivity contribution in [2.24, 2.45) is 34.5 Å². The molecule has 0 radical (unpaired) electrons. The number of ketones is 1. The SMILES string of the molecule is COC(=O)O[C@H]1CC[C@@]2(C)C(=CCC3C2C(CO)C[C@]2(C)C(=O)CCC32)C1. The van der Waals surface area contributed by atoms with E-state index in [0.717, 1.165) is 38.5 Å². The van der Waals surface area contributed by atoms with Gasteiger partial charge in [0, 0.05) is 24.9 Å². The molecular weight excluding hydrogens is 344 g/mol. The lowest BCUT2D eigenvalue weighted by Crippen LogP contribution is -2.55. The van der Waals surface area contributed by atoms with Crippen molar-refractivity contribution in [2.45, 2.75) is 64.9 Å². The number of hydrogen-bond acceptors (Lipinski definition) is 5. The van der Waals surface area contributed by atoms with Crippen LogP contribution in [0.2, 0.25) is 0 Å². The predicted octanol–water partition coefficient (Wildman–Crippen LogP) is 3.89. The van der Waals surface area contributed by atoms with Gasteiger partial charge in [0.1, 0.15) is 11.9 Å². The molecule has 0 spiro atoms. The molecule has 4 aliphatic rings. The first-order valence-electron chi connectivity index (χ1n) is 10.4. The number of aliphatic hydroxyl groups is 1. The van der Waals surface area contributed by atoms with Gasteiger partial charge in [0.25, 0.3) is 0 Å². The molecule has 5 nitrogen and oxygen atoms in total. The Labute approximate surface area is 161 Å². The summed E-state index contributed by atoms with van der Waals surface area (Å²) in [5, 5.41) is 10.2. The smallest absolute Gasteiger partial charge is 0.438 e. The number of allylic oxidation sites excluding steroid dienone is 1. The molecule has 0 aromatic heterocycles. The highest BCUT2D eigenvalue weighted by Crippen LogP contribution is 2.65. The molecule has 4 aliphatic carbocycles. The topological polar surface area (TPSA) is 72.8 Å². The molecule has 0 aliphatic heterocycles. The van der Waals surface area contributed by atoms with Gasteiger partial charge in [-0.25, -0.2) is 4.79 Å². The van der Waals surface area contributed by atoms with E-state index in [9.17, 15) is 14.7 Å². The first-order valence-corrected chi connectivity index (χ1v) is 10.4. The minimum atomic E-state index is -0.607. The van der Waals surface area contributed by atoms with Gasteiger partial charge in [0.15, 0.2) is 0 Å². The van der Waals surface area contributed by atoms with E-state index >= 15 is 0 Å². The second kappa shape index (κ2) is 6.61. The molecule has 27 heavy (non-hydrogen) atoms. The van der Waals surface area contributed by atoms with Crippen LogP contribution in [0.1, 0.15) is 58.8 Å². The van der Waals surface area contributed by atoms with Gasteiger partial charge in [-0.3, -0.25) is 4.79 Å². The van der Waals surface area contributed by atoms with E-state index in [1.165, 1.54) is 12.7 Å². The summed E-state index contributed by atoms with van der Waals surface area (Å²) in [6.45, 7) is 4.64. The molecule has 7 atom stereocenters. The van der Waals surface area contributed by atoms with Crippen molar-refractivity contribution in [3.05, 3.63) is 11.6 Å². The maximum atomic E-state index is 12.6. The molecular formula is C22H32O5. The Morgan fingerprint density at radius 1 is 1.30 bits per heavy atom. The van der Waals surface area contributed by atoms with Crippen molar-refractivity contribution in [1.29, 1.82) is 0 Å². The lowest BCUT2D eigenvalue weighted by atomic mass is 9.45. The molecule has 0 amide bonds. The van der Waals surface area contributed by atoms with Gasteiger partial charge in [0.2, 0.25) is 0 Å². The van der Waals surface area contributed by atoms with Crippen LogP contribution >= 0.6 is 0 Å². The number of aliphatic hydroxyl groups excluding tert-OH is 1. The van der Waals surface area contributed by atoms with E-state index in [1.54, 1.807) is 0 Å². The number of Topliss-reactive ketones (excluding diaryl/α,β-unsaturated/α-hetero) is 1. The van der Waals surface area contributed by atoms with Crippen molar-refractivity contribution in [3.8, 4) is 0 Å². The van der Waals surface area contributed by atoms with Crippen molar-refractivity contribution in [1.82, 2.24) is 0 Å². The second-order valence-electron chi connectivity index (χ2n) is 9.64. The fourth-order valence-electron chi connectivity index (χ4n) is 7.26. The van der Waals surface area contributed by atoms with Gasteiger partial charge in [-0.2, -0.15) is 0 Å². The molecule has 0 saturated heterocycles. The molecule has 4 rings (SSSR count). The zero-order valence-corrected chi connectivity index (χ0v) is 16.7. The molecule has 0 aromatic rings. The highest BCUT2D eigenvalue weighted by molar-refractivity contribution is 5.87. The Morgan fingerprint density at radius 3 is 2.78 bits per heavy atom. The summed E-state index contributed by atoms with van der Waals surface area (Å²) in [6, 6.07) is 0. The predicted molar refractivity (Wildman–Crippen MR) is 99.9 cm³/mol. The number of ether oxygens (including phenoxy) is 2. The van der Waals surface area contributed by atoms with E-state index < -0.39 is 6.16 Å². The van der Waals surface area contributed by atoms with Crippen LogP contribution in [0, 0.1) is 34.5 Å². The van der Waals surface area contributed by atoms with Crippen LogP contribution in [-0.2, 0) is 14.3 Å². The number of hydrogen-bond donors (Lipinski definition) is 1. The first kappa shape index (κ1) is 19.0. The normalized spacial score (nSPS) is 46.0. The van der Waals surface area contributed by atoms with Crippen molar-refractivity contribution >= 4 is 11.9 Å². The van der Waals surface area contributed by atoms with Gasteiger partial charge in [0.05, 0.1) is 7.11 Å². The molecule has 5 heteroatoms. The molecule has 3 saturated carbocycles. The van der Waals surface area contributed by atoms with Gasteiger partial charge in [-0.15, -0.1) is 0 Å². The molecule has 0 bridgehead atoms. The number of fused-ring (bicyclic) bond motifs is 5. The average Bonchev–Trinajstić information content (AvgIpc) is 2.95. The van der Waals surface area contributed by atoms with E-state index in [2.05, 4.69) is 24.7 Å². The lowest BCUT2D eigenvalue weighted by Gasteiger charge is -2.59. The van der Waals surface area contributed by atoms with Gasteiger partial charge < -0.3 is 14.6 Å². The molecule has 0 aromatic carbocycles. The Morgan fingerprint density at radius 2 is 2.07 bits per heavy atom. The summed E-state index contributed by atoms with van der Waals surface area (Å²) in [5.74, 6) is 1.89. The fraction of sp³-hybridized carbons (Fsp3) is 0.818. The standard InChI is InChI=1S/C22H32O5/c1-21-9-8-15(27-20(25)26-3)10-14(21)4-5-16-17-6-7-18(24)22(17,2)11-13(12-23)19(16)21/h4,13,15-17,19,23H,5-12H2,1-3H3/t13?,15-,16?,17?,19?,21-,22-/m0/s1. The van der Waals surface area contributed by atoms with Crippen LogP contribution in [0.25, 0.3) is 0 Å². The number of methoxy groups -OCH3 is 1. The largest absolute Gasteiger partial charge is 0.508 e. The number of carbonyl (C=O) groups excluding carboxylic acids is 2. The summed E-state index contributed by atoms with van der Waals surface area (Å²) in [4.78, 5) is 24.2. The Bertz CT molecular complexity index is 670. The van der Waals surface area contributed by atoms with E-state index in [0.29, 0.717) is 30.0 Å². The number of rotatable bonds is 2. The van der Waals surface area contributed by atoms with Crippen LogP contribution in [0.5, 0.6) is 0 Å². The van der Waals surface area contributed by atoms with E-state index in [-0.39, 0.29) is 29.5 Å². The summed E-state index contributed by atoms with van der Waals surface area (Å²) >= 11 is 0. The van der Waals surface area contributed by atoms with Crippen molar-refractivity contribution < 1.29 is 24.2 Å². The molecule has 1 N–H and O–H groups in total. The summed E-state index contributed by atoms with van der Waals surface area (Å²) in [6.07, 6.45) is 7.66. The summed E-state index contributed by atoms with van der Waals surface area (Å²) in [5.41, 5.74) is 1.15. The highest BCUT2D eigenvalue weighted by Gasteiger charge is 2.61. The Kier molecular flexibility index (Phi) is 4.65. The van der Waals surface area contributed by atoms with Crippen LogP contribution in [0.15, 0.2) is 11.6 Å². The number of carbonyl (C=O) groups is 2. The van der Waals surface area contributed by atoms with Crippen molar-refractivity contribution in [3.63, 3.8) is 0 Å². The van der Waals surface area contributed by atoms with Gasteiger partial charge >= 0.3 is 6.16 Å². The molecule has 4 unspecified atom stereocenters. The minimum absolute atomic E-state index is 0.0270. The van der Waals surface area contributed by atoms with E-state index in [1.807, 2.05) is 0 Å². The van der Waals surface area contributed by atoms with Gasteiger partial charge in [-0.05, 0) is 61.2 Å². The highest BCUT2D eigenvalue weighted by atomic mass is 16.7. The third kappa shape index (κ3) is 2.76. The van der Waals surface area contributed by atoms with Crippen LogP contribution < -0.4 is 0 Å².